The first kappa shape index (κ1) is 10.5. The number of carbonyl (C=O) groups excluding carboxylic acids is 1. The third-order valence-corrected chi connectivity index (χ3v) is 2.76. The van der Waals surface area contributed by atoms with E-state index in [1.54, 1.807) is 17.0 Å². The predicted molar refractivity (Wildman–Crippen MR) is 61.9 cm³/mol. The van der Waals surface area contributed by atoms with Gasteiger partial charge in [0.15, 0.2) is 0 Å². The van der Waals surface area contributed by atoms with Crippen LogP contribution in [0.15, 0.2) is 30.3 Å². The molecular weight excluding hydrogens is 204 g/mol. The number of hydrogen-bond donors (Lipinski definition) is 2. The van der Waals surface area contributed by atoms with E-state index in [0.29, 0.717) is 13.1 Å². The highest BCUT2D eigenvalue weighted by atomic mass is 16.3. The number of nitrogens with zero attached hydrogens (tertiary/aromatic N) is 1. The molecular formula is C12H14N2O2. The van der Waals surface area contributed by atoms with Crippen molar-refractivity contribution in [2.75, 3.05) is 13.1 Å². The van der Waals surface area contributed by atoms with E-state index in [4.69, 9.17) is 5.73 Å². The average molecular weight is 218 g/mol. The van der Waals surface area contributed by atoms with Gasteiger partial charge in [0.1, 0.15) is 5.75 Å². The van der Waals surface area contributed by atoms with Gasteiger partial charge in [0.2, 0.25) is 0 Å². The van der Waals surface area contributed by atoms with Gasteiger partial charge in [-0.1, -0.05) is 18.2 Å². The summed E-state index contributed by atoms with van der Waals surface area (Å²) in [6.45, 7) is 1.22. The first-order valence-electron chi connectivity index (χ1n) is 5.19. The largest absolute Gasteiger partial charge is 0.508 e. The van der Waals surface area contributed by atoms with Crippen LogP contribution < -0.4 is 5.73 Å². The summed E-state index contributed by atoms with van der Waals surface area (Å²) in [5.74, 6) is 0.263. The summed E-state index contributed by atoms with van der Waals surface area (Å²) in [6, 6.07) is 6.70. The Hall–Kier alpha value is -1.97. The van der Waals surface area contributed by atoms with Gasteiger partial charge in [-0.2, -0.15) is 0 Å². The van der Waals surface area contributed by atoms with Crippen LogP contribution >= 0.6 is 0 Å². The average Bonchev–Trinajstić information content (AvgIpc) is 2.30. The summed E-state index contributed by atoms with van der Waals surface area (Å²) in [5, 5.41) is 9.18. The van der Waals surface area contributed by atoms with E-state index >= 15 is 0 Å². The van der Waals surface area contributed by atoms with Crippen molar-refractivity contribution in [2.24, 2.45) is 5.73 Å². The summed E-state index contributed by atoms with van der Waals surface area (Å²) in [5.41, 5.74) is 7.47. The number of hydrogen-bond acceptors (Lipinski definition) is 2. The molecule has 1 heterocycles. The van der Waals surface area contributed by atoms with E-state index in [0.717, 1.165) is 12.0 Å². The Morgan fingerprint density at radius 1 is 1.31 bits per heavy atom. The number of amides is 2. The Morgan fingerprint density at radius 2 is 2.00 bits per heavy atom. The number of phenolic OH excluding ortho intramolecular Hbond substituents is 1. The van der Waals surface area contributed by atoms with Crippen molar-refractivity contribution >= 4 is 11.6 Å². The molecule has 0 aliphatic carbocycles. The minimum Gasteiger partial charge on any atom is -0.508 e. The normalized spacial score (nSPS) is 15.8. The molecule has 0 radical (unpaired) electrons. The van der Waals surface area contributed by atoms with Gasteiger partial charge in [-0.25, -0.2) is 4.79 Å². The standard InChI is InChI=1S/C12H14N2O2/c13-12(16)14-7-5-10(6-8-14)9-1-3-11(15)4-2-9/h1-5,15H,6-8H2,(H2,13,16). The van der Waals surface area contributed by atoms with Crippen LogP contribution in [0.2, 0.25) is 0 Å². The zero-order chi connectivity index (χ0) is 11.5. The van der Waals surface area contributed by atoms with E-state index in [1.165, 1.54) is 5.57 Å². The predicted octanol–water partition coefficient (Wildman–Crippen LogP) is 1.56. The molecule has 1 aliphatic rings. The van der Waals surface area contributed by atoms with Gasteiger partial charge >= 0.3 is 6.03 Å². The first-order valence-corrected chi connectivity index (χ1v) is 5.19. The SMILES string of the molecule is NC(=O)N1CC=C(c2ccc(O)cc2)CC1. The van der Waals surface area contributed by atoms with Crippen molar-refractivity contribution < 1.29 is 9.90 Å². The van der Waals surface area contributed by atoms with E-state index in [2.05, 4.69) is 0 Å². The lowest BCUT2D eigenvalue weighted by molar-refractivity contribution is 0.213. The minimum atomic E-state index is -0.374. The molecule has 84 valence electrons. The maximum absolute atomic E-state index is 10.9. The van der Waals surface area contributed by atoms with Gasteiger partial charge in [-0.15, -0.1) is 0 Å². The molecule has 1 aromatic carbocycles. The van der Waals surface area contributed by atoms with E-state index in [-0.39, 0.29) is 11.8 Å². The fourth-order valence-electron chi connectivity index (χ4n) is 1.81. The highest BCUT2D eigenvalue weighted by Crippen LogP contribution is 2.23. The molecule has 0 aromatic heterocycles. The smallest absolute Gasteiger partial charge is 0.315 e. The van der Waals surface area contributed by atoms with Crippen LogP contribution in [0.5, 0.6) is 5.75 Å². The van der Waals surface area contributed by atoms with Gasteiger partial charge in [0.25, 0.3) is 0 Å². The number of phenols is 1. The Morgan fingerprint density at radius 3 is 2.50 bits per heavy atom. The number of benzene rings is 1. The van der Waals surface area contributed by atoms with Crippen LogP contribution in [0.1, 0.15) is 12.0 Å². The zero-order valence-corrected chi connectivity index (χ0v) is 8.89. The first-order chi connectivity index (χ1) is 7.66. The summed E-state index contributed by atoms with van der Waals surface area (Å²) in [7, 11) is 0. The highest BCUT2D eigenvalue weighted by molar-refractivity contribution is 5.75. The molecule has 0 unspecified atom stereocenters. The van der Waals surface area contributed by atoms with Gasteiger partial charge in [0, 0.05) is 13.1 Å². The fourth-order valence-corrected chi connectivity index (χ4v) is 1.81. The quantitative estimate of drug-likeness (QED) is 0.751. The van der Waals surface area contributed by atoms with Gasteiger partial charge < -0.3 is 15.7 Å². The molecule has 0 spiro atoms. The Kier molecular flexibility index (Phi) is 2.81. The van der Waals surface area contributed by atoms with Crippen molar-refractivity contribution in [1.82, 2.24) is 4.90 Å². The lowest BCUT2D eigenvalue weighted by atomic mass is 9.99. The Balaban J connectivity index is 2.13. The molecule has 2 rings (SSSR count). The molecule has 4 nitrogen and oxygen atoms in total. The van der Waals surface area contributed by atoms with Crippen molar-refractivity contribution in [3.05, 3.63) is 35.9 Å². The van der Waals surface area contributed by atoms with Crippen LogP contribution in [-0.4, -0.2) is 29.1 Å². The molecule has 0 fully saturated rings. The van der Waals surface area contributed by atoms with Crippen molar-refractivity contribution in [1.29, 1.82) is 0 Å². The van der Waals surface area contributed by atoms with Crippen molar-refractivity contribution in [2.45, 2.75) is 6.42 Å². The van der Waals surface area contributed by atoms with Crippen molar-refractivity contribution in [3.63, 3.8) is 0 Å². The lowest BCUT2D eigenvalue weighted by Crippen LogP contribution is -2.38. The van der Waals surface area contributed by atoms with Crippen LogP contribution in [0.25, 0.3) is 5.57 Å². The van der Waals surface area contributed by atoms with E-state index in [9.17, 15) is 9.90 Å². The second-order valence-corrected chi connectivity index (χ2v) is 3.81. The minimum absolute atomic E-state index is 0.263. The van der Waals surface area contributed by atoms with Crippen LogP contribution in [0.3, 0.4) is 0 Å². The lowest BCUT2D eigenvalue weighted by Gasteiger charge is -2.24. The third-order valence-electron chi connectivity index (χ3n) is 2.76. The summed E-state index contributed by atoms with van der Waals surface area (Å²) < 4.78 is 0. The Labute approximate surface area is 94.0 Å². The molecule has 0 saturated heterocycles. The molecule has 2 amide bonds. The summed E-state index contributed by atoms with van der Waals surface area (Å²) >= 11 is 0. The van der Waals surface area contributed by atoms with Crippen LogP contribution in [0, 0.1) is 0 Å². The molecule has 16 heavy (non-hydrogen) atoms. The van der Waals surface area contributed by atoms with Gasteiger partial charge in [-0.05, 0) is 29.7 Å². The van der Waals surface area contributed by atoms with Crippen LogP contribution in [-0.2, 0) is 0 Å². The number of aromatic hydroxyl groups is 1. The molecule has 3 N–H and O–H groups in total. The Bertz CT molecular complexity index is 423. The molecule has 0 atom stereocenters. The molecule has 0 bridgehead atoms. The monoisotopic (exact) mass is 218 g/mol. The van der Waals surface area contributed by atoms with Crippen molar-refractivity contribution in [3.8, 4) is 5.75 Å². The van der Waals surface area contributed by atoms with E-state index in [1.807, 2.05) is 18.2 Å². The topological polar surface area (TPSA) is 66.6 Å². The summed E-state index contributed by atoms with van der Waals surface area (Å²) in [4.78, 5) is 12.5. The second-order valence-electron chi connectivity index (χ2n) is 3.81. The molecule has 4 heteroatoms. The number of urea groups is 1. The zero-order valence-electron chi connectivity index (χ0n) is 8.89. The van der Waals surface area contributed by atoms with E-state index < -0.39 is 0 Å². The number of nitrogens with two attached hydrogens (primary N) is 1. The number of carbonyl (C=O) groups is 1. The summed E-state index contributed by atoms with van der Waals surface area (Å²) in [6.07, 6.45) is 2.80. The van der Waals surface area contributed by atoms with Crippen LogP contribution in [0.4, 0.5) is 4.79 Å². The maximum atomic E-state index is 10.9. The van der Waals surface area contributed by atoms with Gasteiger partial charge in [0.05, 0.1) is 0 Å². The highest BCUT2D eigenvalue weighted by Gasteiger charge is 2.14. The fraction of sp³-hybridized carbons (Fsp3) is 0.250. The second kappa shape index (κ2) is 4.26. The number of primary amides is 1. The van der Waals surface area contributed by atoms with Gasteiger partial charge in [-0.3, -0.25) is 0 Å². The molecule has 1 aromatic rings. The third kappa shape index (κ3) is 2.16. The molecule has 1 aliphatic heterocycles. The maximum Gasteiger partial charge on any atom is 0.315 e. The number of rotatable bonds is 1. The molecule has 0 saturated carbocycles.